The van der Waals surface area contributed by atoms with E-state index in [0.29, 0.717) is 4.91 Å². The molecule has 9 heteroatoms. The van der Waals surface area contributed by atoms with Crippen LogP contribution in [-0.4, -0.2) is 57.8 Å². The highest BCUT2D eigenvalue weighted by Gasteiger charge is 2.57. The maximum atomic E-state index is 12.0. The molecule has 0 bridgehead atoms. The molecule has 2 rings (SSSR count). The van der Waals surface area contributed by atoms with E-state index in [0.717, 1.165) is 11.8 Å². The topological polar surface area (TPSA) is 113 Å². The fourth-order valence-electron chi connectivity index (χ4n) is 2.19. The molecule has 0 unspecified atom stereocenters. The molecule has 0 saturated carbocycles. The van der Waals surface area contributed by atoms with Gasteiger partial charge in [0.2, 0.25) is 12.7 Å². The first-order valence-electron chi connectivity index (χ1n) is 6.20. The molecule has 0 aromatic heterocycles. The number of aliphatic hydroxyl groups is 2. The van der Waals surface area contributed by atoms with E-state index >= 15 is 0 Å². The zero-order chi connectivity index (χ0) is 15.7. The summed E-state index contributed by atoms with van der Waals surface area (Å²) in [5, 5.41) is 18.4. The number of carbonyl (C=O) groups is 3. The third kappa shape index (κ3) is 2.76. The summed E-state index contributed by atoms with van der Waals surface area (Å²) in [6, 6.07) is 0. The van der Waals surface area contributed by atoms with Crippen molar-refractivity contribution in [2.24, 2.45) is 5.92 Å². The second kappa shape index (κ2) is 6.04. The summed E-state index contributed by atoms with van der Waals surface area (Å²) in [6.45, 7) is 1.68. The van der Waals surface area contributed by atoms with Crippen LogP contribution in [-0.2, 0) is 23.9 Å². The summed E-state index contributed by atoms with van der Waals surface area (Å²) >= 11 is 1.14. The number of thioether (sulfide) groups is 1. The number of fused-ring (bicyclic) bond motifs is 1. The highest BCUT2D eigenvalue weighted by atomic mass is 32.2. The molecule has 2 aliphatic rings. The number of hydrogen-bond donors (Lipinski definition) is 2. The third-order valence-electron chi connectivity index (χ3n) is 3.16. The Morgan fingerprint density at radius 1 is 1.43 bits per heavy atom. The Bertz CT molecular complexity index is 516. The van der Waals surface area contributed by atoms with Crippen molar-refractivity contribution in [2.75, 3.05) is 13.4 Å². The smallest absolute Gasteiger partial charge is 0.358 e. The van der Waals surface area contributed by atoms with E-state index in [-0.39, 0.29) is 5.70 Å². The van der Waals surface area contributed by atoms with Crippen LogP contribution in [0.4, 0.5) is 0 Å². The van der Waals surface area contributed by atoms with Crippen LogP contribution in [0.15, 0.2) is 10.6 Å². The normalized spacial score (nSPS) is 25.3. The van der Waals surface area contributed by atoms with Crippen LogP contribution in [0.5, 0.6) is 0 Å². The fourth-order valence-corrected chi connectivity index (χ4v) is 3.65. The van der Waals surface area contributed by atoms with E-state index in [9.17, 15) is 24.6 Å². The van der Waals surface area contributed by atoms with Crippen molar-refractivity contribution in [2.45, 2.75) is 25.3 Å². The van der Waals surface area contributed by atoms with Gasteiger partial charge in [-0.15, -0.1) is 0 Å². The first kappa shape index (κ1) is 15.8. The van der Waals surface area contributed by atoms with Crippen LogP contribution >= 0.6 is 11.8 Å². The molecular weight excluding hydrogens is 302 g/mol. The monoisotopic (exact) mass is 317 g/mol. The van der Waals surface area contributed by atoms with Crippen LogP contribution in [0.1, 0.15) is 13.8 Å². The van der Waals surface area contributed by atoms with Crippen LogP contribution in [0.3, 0.4) is 0 Å². The summed E-state index contributed by atoms with van der Waals surface area (Å²) in [6.07, 6.45) is -0.845. The lowest BCUT2D eigenvalue weighted by Crippen LogP contribution is -2.60. The highest BCUT2D eigenvalue weighted by molar-refractivity contribution is 8.04. The van der Waals surface area contributed by atoms with Crippen LogP contribution < -0.4 is 0 Å². The number of aliphatic hydroxyl groups excluding tert-OH is 2. The summed E-state index contributed by atoms with van der Waals surface area (Å²) in [4.78, 5) is 36.0. The van der Waals surface area contributed by atoms with Gasteiger partial charge in [-0.05, 0) is 6.92 Å². The minimum atomic E-state index is -0.854. The van der Waals surface area contributed by atoms with Gasteiger partial charge in [-0.3, -0.25) is 14.5 Å². The molecule has 0 aliphatic carbocycles. The Morgan fingerprint density at radius 3 is 2.62 bits per heavy atom. The summed E-state index contributed by atoms with van der Waals surface area (Å²) in [5.41, 5.74) is -0.0541. The van der Waals surface area contributed by atoms with Crippen molar-refractivity contribution in [3.63, 3.8) is 0 Å². The molecule has 21 heavy (non-hydrogen) atoms. The molecule has 0 spiro atoms. The maximum absolute atomic E-state index is 12.0. The molecule has 2 N–H and O–H groups in total. The van der Waals surface area contributed by atoms with E-state index in [2.05, 4.69) is 4.74 Å². The van der Waals surface area contributed by atoms with E-state index in [1.54, 1.807) is 0 Å². The number of carbonyl (C=O) groups excluding carboxylic acids is 3. The van der Waals surface area contributed by atoms with Gasteiger partial charge in [0.25, 0.3) is 0 Å². The minimum absolute atomic E-state index is 0.0541. The van der Waals surface area contributed by atoms with Gasteiger partial charge in [0.05, 0.1) is 18.6 Å². The third-order valence-corrected chi connectivity index (χ3v) is 4.51. The van der Waals surface area contributed by atoms with E-state index in [1.165, 1.54) is 18.7 Å². The number of ether oxygens (including phenoxy) is 2. The van der Waals surface area contributed by atoms with Gasteiger partial charge in [0.1, 0.15) is 11.1 Å². The van der Waals surface area contributed by atoms with Gasteiger partial charge >= 0.3 is 11.9 Å². The molecule has 2 aliphatic heterocycles. The number of nitrogens with zero attached hydrogens (tertiary/aromatic N) is 1. The van der Waals surface area contributed by atoms with Crippen LogP contribution in [0.2, 0.25) is 0 Å². The maximum Gasteiger partial charge on any atom is 0.358 e. The average Bonchev–Trinajstić information content (AvgIpc) is 2.71. The van der Waals surface area contributed by atoms with Gasteiger partial charge < -0.3 is 19.7 Å². The molecule has 0 radical (unpaired) electrons. The highest BCUT2D eigenvalue weighted by Crippen LogP contribution is 2.50. The van der Waals surface area contributed by atoms with Crippen molar-refractivity contribution in [3.05, 3.63) is 10.6 Å². The van der Waals surface area contributed by atoms with Crippen molar-refractivity contribution < 1.29 is 34.1 Å². The number of amides is 1. The standard InChI is InChI=1S/C12H15NO7S/c1-5(15)8-10(17)13-9(7(3-14)21-11(8)13)12(18)20-4-19-6(2)16/h5,8,11,14-15H,3-4H2,1-2H3/t5-,8+,11-/m1/s1. The molecule has 1 amide bonds. The van der Waals surface area contributed by atoms with Crippen molar-refractivity contribution >= 4 is 29.6 Å². The average molecular weight is 317 g/mol. The number of hydrogen-bond acceptors (Lipinski definition) is 8. The SMILES string of the molecule is CC(=O)OCOC(=O)C1=C(CO)S[C@@H]2[C@@H]([C@@H](C)O)C(=O)N12. The Morgan fingerprint density at radius 2 is 2.10 bits per heavy atom. The number of esters is 2. The first-order chi connectivity index (χ1) is 9.88. The quantitative estimate of drug-likeness (QED) is 0.383. The molecule has 0 aromatic rings. The van der Waals surface area contributed by atoms with Crippen LogP contribution in [0, 0.1) is 5.92 Å². The Hall–Kier alpha value is -1.58. The predicted molar refractivity (Wildman–Crippen MR) is 70.2 cm³/mol. The lowest BCUT2D eigenvalue weighted by Gasteiger charge is -2.43. The molecular formula is C12H15NO7S. The molecule has 0 aromatic carbocycles. The van der Waals surface area contributed by atoms with Gasteiger partial charge in [-0.1, -0.05) is 11.8 Å². The lowest BCUT2D eigenvalue weighted by atomic mass is 9.92. The second-order valence-electron chi connectivity index (χ2n) is 4.60. The Balaban J connectivity index is 2.09. The van der Waals surface area contributed by atoms with Gasteiger partial charge in [-0.2, -0.15) is 0 Å². The predicted octanol–water partition coefficient (Wildman–Crippen LogP) is -0.834. The summed E-state index contributed by atoms with van der Waals surface area (Å²) < 4.78 is 9.23. The van der Waals surface area contributed by atoms with Crippen LogP contribution in [0.25, 0.3) is 0 Å². The Kier molecular flexibility index (Phi) is 4.55. The van der Waals surface area contributed by atoms with E-state index < -0.39 is 48.6 Å². The zero-order valence-electron chi connectivity index (χ0n) is 11.4. The lowest BCUT2D eigenvalue weighted by molar-refractivity contribution is -0.168. The first-order valence-corrected chi connectivity index (χ1v) is 7.08. The largest absolute Gasteiger partial charge is 0.428 e. The second-order valence-corrected chi connectivity index (χ2v) is 5.81. The van der Waals surface area contributed by atoms with E-state index in [1.807, 2.05) is 0 Å². The molecule has 1 saturated heterocycles. The molecule has 8 nitrogen and oxygen atoms in total. The van der Waals surface area contributed by atoms with Crippen molar-refractivity contribution in [3.8, 4) is 0 Å². The molecule has 3 atom stereocenters. The van der Waals surface area contributed by atoms with Gasteiger partial charge in [0, 0.05) is 11.8 Å². The number of rotatable bonds is 5. The minimum Gasteiger partial charge on any atom is -0.428 e. The van der Waals surface area contributed by atoms with Crippen molar-refractivity contribution in [1.29, 1.82) is 0 Å². The van der Waals surface area contributed by atoms with Gasteiger partial charge in [0.15, 0.2) is 0 Å². The van der Waals surface area contributed by atoms with Gasteiger partial charge in [-0.25, -0.2) is 4.79 Å². The fraction of sp³-hybridized carbons (Fsp3) is 0.583. The molecule has 2 heterocycles. The summed E-state index contributed by atoms with van der Waals surface area (Å²) in [5.74, 6) is -2.47. The molecule has 116 valence electrons. The number of β-lactam (4-membered cyclic amide) rings is 1. The Labute approximate surface area is 124 Å². The van der Waals surface area contributed by atoms with E-state index in [4.69, 9.17) is 4.74 Å². The van der Waals surface area contributed by atoms with Crippen molar-refractivity contribution in [1.82, 2.24) is 4.90 Å². The molecule has 1 fully saturated rings. The summed E-state index contributed by atoms with van der Waals surface area (Å²) in [7, 11) is 0. The zero-order valence-corrected chi connectivity index (χ0v) is 12.3.